The molecule has 2 aromatic heterocycles. The number of hydrogen-bond donors (Lipinski definition) is 3. The van der Waals surface area contributed by atoms with Gasteiger partial charge in [0.05, 0.1) is 6.54 Å². The number of anilines is 2. The molecular weight excluding hydrogens is 376 g/mol. The molecule has 0 spiro atoms. The third kappa shape index (κ3) is 6.12. The predicted molar refractivity (Wildman–Crippen MR) is 116 cm³/mol. The van der Waals surface area contributed by atoms with E-state index in [0.717, 1.165) is 22.0 Å². The fourth-order valence-electron chi connectivity index (χ4n) is 2.35. The van der Waals surface area contributed by atoms with Crippen LogP contribution >= 0.6 is 23.6 Å². The van der Waals surface area contributed by atoms with Crippen molar-refractivity contribution in [3.05, 3.63) is 70.2 Å². The Bertz CT molecular complexity index is 902. The number of guanidine groups is 1. The summed E-state index contributed by atoms with van der Waals surface area (Å²) in [6.07, 6.45) is 0. The van der Waals surface area contributed by atoms with Crippen molar-refractivity contribution in [2.45, 2.75) is 20.4 Å². The standard InChI is InChI=1S/C19H20N6S2/c1-13-11-14(2)22-18(21-13)24-17(20-12-16-9-6-10-27-16)25-19(26)23-15-7-4-3-5-8-15/h3-11H,12H2,1-2H3,(H3,20,21,22,23,24,25,26). The molecule has 0 radical (unpaired) electrons. The average Bonchev–Trinajstić information content (AvgIpc) is 3.13. The first-order chi connectivity index (χ1) is 13.1. The number of benzene rings is 1. The Hall–Kier alpha value is -2.84. The molecule has 0 saturated heterocycles. The molecule has 138 valence electrons. The second-order valence-corrected chi connectivity index (χ2v) is 7.23. The van der Waals surface area contributed by atoms with Gasteiger partial charge in [0.25, 0.3) is 0 Å². The number of aryl methyl sites for hydroxylation is 2. The van der Waals surface area contributed by atoms with Crippen molar-refractivity contribution >= 4 is 46.3 Å². The van der Waals surface area contributed by atoms with Crippen molar-refractivity contribution < 1.29 is 0 Å². The minimum absolute atomic E-state index is 0.433. The molecule has 6 nitrogen and oxygen atoms in total. The van der Waals surface area contributed by atoms with Crippen molar-refractivity contribution in [1.29, 1.82) is 0 Å². The first kappa shape index (κ1) is 18.9. The maximum Gasteiger partial charge on any atom is 0.229 e. The molecule has 2 heterocycles. The van der Waals surface area contributed by atoms with Gasteiger partial charge < -0.3 is 10.6 Å². The Morgan fingerprint density at radius 2 is 1.78 bits per heavy atom. The number of aliphatic imine (C=N–C) groups is 1. The van der Waals surface area contributed by atoms with Crippen LogP contribution in [0, 0.1) is 13.8 Å². The third-order valence-corrected chi connectivity index (χ3v) is 4.51. The summed E-state index contributed by atoms with van der Waals surface area (Å²) in [5.41, 5.74) is 2.66. The highest BCUT2D eigenvalue weighted by Crippen LogP contribution is 2.10. The van der Waals surface area contributed by atoms with Crippen LogP contribution in [0.15, 0.2) is 58.9 Å². The summed E-state index contributed by atoms with van der Waals surface area (Å²) in [6.45, 7) is 4.39. The molecule has 0 aliphatic heterocycles. The number of nitrogens with zero attached hydrogens (tertiary/aromatic N) is 3. The van der Waals surface area contributed by atoms with Crippen molar-refractivity contribution in [3.63, 3.8) is 0 Å². The van der Waals surface area contributed by atoms with Crippen LogP contribution in [0.3, 0.4) is 0 Å². The first-order valence-corrected chi connectivity index (χ1v) is 9.66. The quantitative estimate of drug-likeness (QED) is 0.350. The largest absolute Gasteiger partial charge is 0.332 e. The predicted octanol–water partition coefficient (Wildman–Crippen LogP) is 4.11. The molecule has 0 amide bonds. The smallest absolute Gasteiger partial charge is 0.229 e. The Morgan fingerprint density at radius 1 is 1.04 bits per heavy atom. The summed E-state index contributed by atoms with van der Waals surface area (Å²) >= 11 is 7.07. The van der Waals surface area contributed by atoms with E-state index in [1.807, 2.05) is 67.8 Å². The molecule has 8 heteroatoms. The molecule has 3 aromatic rings. The van der Waals surface area contributed by atoms with Gasteiger partial charge in [0.2, 0.25) is 11.9 Å². The first-order valence-electron chi connectivity index (χ1n) is 8.38. The SMILES string of the molecule is Cc1cc(C)nc(NC(=NCc2cccs2)NC(=S)Nc2ccccc2)n1. The van der Waals surface area contributed by atoms with Gasteiger partial charge in [0, 0.05) is 22.0 Å². The van der Waals surface area contributed by atoms with Gasteiger partial charge in [-0.05, 0) is 55.7 Å². The second kappa shape index (κ2) is 9.20. The molecule has 0 aliphatic rings. The fourth-order valence-corrected chi connectivity index (χ4v) is 3.19. The van der Waals surface area contributed by atoms with Gasteiger partial charge in [0.1, 0.15) is 0 Å². The van der Waals surface area contributed by atoms with Crippen molar-refractivity contribution in [2.75, 3.05) is 10.6 Å². The van der Waals surface area contributed by atoms with E-state index in [9.17, 15) is 0 Å². The van der Waals surface area contributed by atoms with E-state index in [2.05, 4.69) is 30.9 Å². The van der Waals surface area contributed by atoms with E-state index in [-0.39, 0.29) is 0 Å². The number of hydrogen-bond acceptors (Lipinski definition) is 5. The Labute approximate surface area is 167 Å². The molecule has 0 unspecified atom stereocenters. The van der Waals surface area contributed by atoms with E-state index >= 15 is 0 Å². The molecule has 0 atom stereocenters. The normalized spacial score (nSPS) is 11.1. The van der Waals surface area contributed by atoms with E-state index < -0.39 is 0 Å². The Kier molecular flexibility index (Phi) is 6.45. The number of nitrogens with one attached hydrogen (secondary N) is 3. The highest BCUT2D eigenvalue weighted by molar-refractivity contribution is 7.80. The molecule has 27 heavy (non-hydrogen) atoms. The molecule has 3 N–H and O–H groups in total. The number of para-hydroxylation sites is 1. The fraction of sp³-hybridized carbons (Fsp3) is 0.158. The van der Waals surface area contributed by atoms with Gasteiger partial charge in [-0.2, -0.15) is 0 Å². The van der Waals surface area contributed by atoms with E-state index in [1.165, 1.54) is 0 Å². The lowest BCUT2D eigenvalue weighted by atomic mass is 10.3. The number of aromatic nitrogens is 2. The van der Waals surface area contributed by atoms with Crippen LogP contribution in [0.4, 0.5) is 11.6 Å². The Balaban J connectivity index is 1.74. The van der Waals surface area contributed by atoms with Gasteiger partial charge in [-0.15, -0.1) is 11.3 Å². The number of rotatable bonds is 4. The lowest BCUT2D eigenvalue weighted by molar-refractivity contribution is 1.04. The molecule has 0 bridgehead atoms. The van der Waals surface area contributed by atoms with Crippen molar-refractivity contribution in [1.82, 2.24) is 15.3 Å². The summed E-state index contributed by atoms with van der Waals surface area (Å²) in [5, 5.41) is 11.8. The van der Waals surface area contributed by atoms with Crippen LogP contribution in [-0.4, -0.2) is 21.0 Å². The molecule has 0 aliphatic carbocycles. The highest BCUT2D eigenvalue weighted by atomic mass is 32.1. The minimum atomic E-state index is 0.433. The zero-order valence-corrected chi connectivity index (χ0v) is 16.7. The molecule has 1 aromatic carbocycles. The zero-order chi connectivity index (χ0) is 19.1. The summed E-state index contributed by atoms with van der Waals surface area (Å²) < 4.78 is 0. The van der Waals surface area contributed by atoms with Crippen LogP contribution in [0.25, 0.3) is 0 Å². The minimum Gasteiger partial charge on any atom is -0.332 e. The molecular formula is C19H20N6S2. The van der Waals surface area contributed by atoms with Crippen LogP contribution < -0.4 is 16.0 Å². The lowest BCUT2D eigenvalue weighted by Gasteiger charge is -2.14. The van der Waals surface area contributed by atoms with E-state index in [0.29, 0.717) is 23.6 Å². The maximum atomic E-state index is 5.41. The third-order valence-electron chi connectivity index (χ3n) is 3.45. The highest BCUT2D eigenvalue weighted by Gasteiger charge is 2.07. The van der Waals surface area contributed by atoms with Crippen molar-refractivity contribution in [3.8, 4) is 0 Å². The van der Waals surface area contributed by atoms with E-state index in [1.54, 1.807) is 11.3 Å². The number of thiophene rings is 1. The monoisotopic (exact) mass is 396 g/mol. The van der Waals surface area contributed by atoms with Crippen LogP contribution in [0.5, 0.6) is 0 Å². The Morgan fingerprint density at radius 3 is 2.44 bits per heavy atom. The average molecular weight is 397 g/mol. The zero-order valence-electron chi connectivity index (χ0n) is 15.1. The van der Waals surface area contributed by atoms with Crippen LogP contribution in [0.1, 0.15) is 16.3 Å². The molecule has 0 saturated carbocycles. The van der Waals surface area contributed by atoms with Crippen LogP contribution in [-0.2, 0) is 6.54 Å². The van der Waals surface area contributed by atoms with Gasteiger partial charge in [0.15, 0.2) is 5.11 Å². The van der Waals surface area contributed by atoms with Gasteiger partial charge in [-0.1, -0.05) is 24.3 Å². The number of thiocarbonyl (C=S) groups is 1. The summed E-state index contributed by atoms with van der Waals surface area (Å²) in [7, 11) is 0. The molecule has 3 rings (SSSR count). The summed E-state index contributed by atoms with van der Waals surface area (Å²) in [4.78, 5) is 14.6. The van der Waals surface area contributed by atoms with Crippen molar-refractivity contribution in [2.24, 2.45) is 4.99 Å². The maximum absolute atomic E-state index is 5.41. The lowest BCUT2D eigenvalue weighted by Crippen LogP contribution is -2.39. The summed E-state index contributed by atoms with van der Waals surface area (Å²) in [5.74, 6) is 0.967. The topological polar surface area (TPSA) is 74.2 Å². The van der Waals surface area contributed by atoms with E-state index in [4.69, 9.17) is 12.2 Å². The molecule has 0 fully saturated rings. The van der Waals surface area contributed by atoms with Gasteiger partial charge in [-0.3, -0.25) is 5.32 Å². The van der Waals surface area contributed by atoms with Gasteiger partial charge >= 0.3 is 0 Å². The van der Waals surface area contributed by atoms with Crippen LogP contribution in [0.2, 0.25) is 0 Å². The summed E-state index contributed by atoms with van der Waals surface area (Å²) in [6, 6.07) is 15.7. The second-order valence-electron chi connectivity index (χ2n) is 5.79. The van der Waals surface area contributed by atoms with Gasteiger partial charge in [-0.25, -0.2) is 15.0 Å².